The van der Waals surface area contributed by atoms with Gasteiger partial charge in [0.2, 0.25) is 5.71 Å². The van der Waals surface area contributed by atoms with Crippen LogP contribution in [0.25, 0.3) is 11.1 Å². The highest BCUT2D eigenvalue weighted by molar-refractivity contribution is 5.71. The Morgan fingerprint density at radius 1 is 1.18 bits per heavy atom. The summed E-state index contributed by atoms with van der Waals surface area (Å²) in [6, 6.07) is 11.6. The van der Waals surface area contributed by atoms with Gasteiger partial charge in [-0.1, -0.05) is 30.3 Å². The minimum Gasteiger partial charge on any atom is -0.446 e. The minimum absolute atomic E-state index is 0.295. The molecule has 0 fully saturated rings. The van der Waals surface area contributed by atoms with Crippen molar-refractivity contribution in [1.29, 1.82) is 0 Å². The standard InChI is InChI=1S/C13H10N2O2/c16-13-14-12-11(6-7-17-12)9-15(13)8-10-4-2-1-3-5-10/h1-7,9H,8H2. The Kier molecular flexibility index (Phi) is 2.26. The summed E-state index contributed by atoms with van der Waals surface area (Å²) < 4.78 is 6.66. The topological polar surface area (TPSA) is 48.0 Å². The molecule has 4 nitrogen and oxygen atoms in total. The summed E-state index contributed by atoms with van der Waals surface area (Å²) in [5.74, 6) is 0. The van der Waals surface area contributed by atoms with Crippen LogP contribution in [0.4, 0.5) is 0 Å². The van der Waals surface area contributed by atoms with Crippen LogP contribution >= 0.6 is 0 Å². The van der Waals surface area contributed by atoms with E-state index < -0.39 is 0 Å². The first-order valence-electron chi connectivity index (χ1n) is 5.31. The van der Waals surface area contributed by atoms with Crippen molar-refractivity contribution in [1.82, 2.24) is 9.55 Å². The van der Waals surface area contributed by atoms with Crippen LogP contribution < -0.4 is 5.69 Å². The van der Waals surface area contributed by atoms with E-state index in [1.165, 1.54) is 6.26 Å². The van der Waals surface area contributed by atoms with Crippen LogP contribution in [-0.2, 0) is 6.54 Å². The van der Waals surface area contributed by atoms with E-state index in [2.05, 4.69) is 4.98 Å². The highest BCUT2D eigenvalue weighted by Gasteiger charge is 2.04. The molecule has 0 spiro atoms. The first-order chi connectivity index (χ1) is 8.33. The van der Waals surface area contributed by atoms with Crippen molar-refractivity contribution in [2.45, 2.75) is 6.54 Å². The van der Waals surface area contributed by atoms with Gasteiger partial charge in [0.05, 0.1) is 18.2 Å². The molecule has 4 heteroatoms. The predicted molar refractivity (Wildman–Crippen MR) is 63.8 cm³/mol. The molecule has 0 unspecified atom stereocenters. The first kappa shape index (κ1) is 9.84. The van der Waals surface area contributed by atoms with Crippen LogP contribution in [0.15, 0.2) is 58.1 Å². The van der Waals surface area contributed by atoms with E-state index in [-0.39, 0.29) is 5.69 Å². The van der Waals surface area contributed by atoms with E-state index in [0.717, 1.165) is 10.9 Å². The minimum atomic E-state index is -0.295. The maximum absolute atomic E-state index is 11.7. The van der Waals surface area contributed by atoms with Crippen LogP contribution in [0.2, 0.25) is 0 Å². The van der Waals surface area contributed by atoms with E-state index in [9.17, 15) is 4.79 Å². The average molecular weight is 226 g/mol. The summed E-state index contributed by atoms with van der Waals surface area (Å²) in [5.41, 5.74) is 1.16. The molecule has 17 heavy (non-hydrogen) atoms. The van der Waals surface area contributed by atoms with Crippen LogP contribution in [0.5, 0.6) is 0 Å². The molecule has 0 saturated heterocycles. The van der Waals surface area contributed by atoms with Gasteiger partial charge in [-0.15, -0.1) is 0 Å². The SMILES string of the molecule is O=c1nc2occc2cn1Cc1ccccc1. The predicted octanol–water partition coefficient (Wildman–Crippen LogP) is 2.04. The second-order valence-corrected chi connectivity index (χ2v) is 3.82. The number of nitrogens with zero attached hydrogens (tertiary/aromatic N) is 2. The van der Waals surface area contributed by atoms with Crippen molar-refractivity contribution < 1.29 is 4.42 Å². The second-order valence-electron chi connectivity index (χ2n) is 3.82. The Balaban J connectivity index is 2.05. The summed E-state index contributed by atoms with van der Waals surface area (Å²) in [4.78, 5) is 15.6. The van der Waals surface area contributed by atoms with Crippen molar-refractivity contribution >= 4 is 11.1 Å². The Morgan fingerprint density at radius 2 is 2.00 bits per heavy atom. The summed E-state index contributed by atoms with van der Waals surface area (Å²) in [5, 5.41) is 0.834. The van der Waals surface area contributed by atoms with Crippen LogP contribution in [-0.4, -0.2) is 9.55 Å². The van der Waals surface area contributed by atoms with Crippen LogP contribution in [0.1, 0.15) is 5.56 Å². The maximum Gasteiger partial charge on any atom is 0.351 e. The van der Waals surface area contributed by atoms with Gasteiger partial charge in [0, 0.05) is 6.20 Å². The molecule has 0 amide bonds. The maximum atomic E-state index is 11.7. The van der Waals surface area contributed by atoms with E-state index in [1.807, 2.05) is 30.3 Å². The number of rotatable bonds is 2. The number of furan rings is 1. The number of benzene rings is 1. The number of hydrogen-bond donors (Lipinski definition) is 0. The van der Waals surface area contributed by atoms with Gasteiger partial charge in [-0.2, -0.15) is 4.98 Å². The van der Waals surface area contributed by atoms with Gasteiger partial charge in [-0.25, -0.2) is 4.79 Å². The van der Waals surface area contributed by atoms with Gasteiger partial charge >= 0.3 is 5.69 Å². The molecule has 3 rings (SSSR count). The molecule has 84 valence electrons. The average Bonchev–Trinajstić information content (AvgIpc) is 2.78. The molecule has 0 aliphatic carbocycles. The van der Waals surface area contributed by atoms with Gasteiger partial charge in [0.15, 0.2) is 0 Å². The summed E-state index contributed by atoms with van der Waals surface area (Å²) in [6.07, 6.45) is 3.30. The lowest BCUT2D eigenvalue weighted by Gasteiger charge is -2.04. The fraction of sp³-hybridized carbons (Fsp3) is 0.0769. The van der Waals surface area contributed by atoms with E-state index in [1.54, 1.807) is 16.8 Å². The number of hydrogen-bond acceptors (Lipinski definition) is 3. The lowest BCUT2D eigenvalue weighted by molar-refractivity contribution is 0.595. The van der Waals surface area contributed by atoms with Crippen molar-refractivity contribution in [3.05, 3.63) is 64.9 Å². The first-order valence-corrected chi connectivity index (χ1v) is 5.31. The van der Waals surface area contributed by atoms with E-state index in [0.29, 0.717) is 12.3 Å². The van der Waals surface area contributed by atoms with Gasteiger partial charge in [0.1, 0.15) is 0 Å². The Bertz CT molecular complexity index is 698. The largest absolute Gasteiger partial charge is 0.446 e. The molecule has 2 aromatic heterocycles. The lowest BCUT2D eigenvalue weighted by atomic mass is 10.2. The fourth-order valence-electron chi connectivity index (χ4n) is 1.77. The molecule has 0 bridgehead atoms. The third-order valence-electron chi connectivity index (χ3n) is 2.61. The van der Waals surface area contributed by atoms with Crippen LogP contribution in [0, 0.1) is 0 Å². The van der Waals surface area contributed by atoms with Crippen molar-refractivity contribution in [2.24, 2.45) is 0 Å². The molecule has 1 aromatic carbocycles. The quantitative estimate of drug-likeness (QED) is 0.671. The molecule has 0 radical (unpaired) electrons. The zero-order valence-electron chi connectivity index (χ0n) is 9.04. The molecular weight excluding hydrogens is 216 g/mol. The second kappa shape index (κ2) is 3.90. The third-order valence-corrected chi connectivity index (χ3v) is 2.61. The van der Waals surface area contributed by atoms with E-state index in [4.69, 9.17) is 4.42 Å². The number of aromatic nitrogens is 2. The monoisotopic (exact) mass is 226 g/mol. The molecule has 0 aliphatic heterocycles. The van der Waals surface area contributed by atoms with Gasteiger partial charge in [-0.3, -0.25) is 4.57 Å². The van der Waals surface area contributed by atoms with E-state index >= 15 is 0 Å². The molecule has 0 N–H and O–H groups in total. The van der Waals surface area contributed by atoms with Gasteiger partial charge < -0.3 is 4.42 Å². The molecule has 0 saturated carbocycles. The Labute approximate surface area is 97.1 Å². The summed E-state index contributed by atoms with van der Waals surface area (Å²) in [6.45, 7) is 0.522. The summed E-state index contributed by atoms with van der Waals surface area (Å²) in [7, 11) is 0. The number of fused-ring (bicyclic) bond motifs is 1. The van der Waals surface area contributed by atoms with Gasteiger partial charge in [0.25, 0.3) is 0 Å². The summed E-state index contributed by atoms with van der Waals surface area (Å²) >= 11 is 0. The van der Waals surface area contributed by atoms with Gasteiger partial charge in [-0.05, 0) is 11.6 Å². The molecule has 0 atom stereocenters. The Morgan fingerprint density at radius 3 is 2.82 bits per heavy atom. The Hall–Kier alpha value is -2.36. The smallest absolute Gasteiger partial charge is 0.351 e. The van der Waals surface area contributed by atoms with Crippen molar-refractivity contribution in [3.63, 3.8) is 0 Å². The van der Waals surface area contributed by atoms with Crippen molar-refractivity contribution in [3.8, 4) is 0 Å². The fourth-order valence-corrected chi connectivity index (χ4v) is 1.77. The van der Waals surface area contributed by atoms with Crippen LogP contribution in [0.3, 0.4) is 0 Å². The highest BCUT2D eigenvalue weighted by Crippen LogP contribution is 2.10. The zero-order valence-corrected chi connectivity index (χ0v) is 9.04. The molecule has 0 aliphatic rings. The lowest BCUT2D eigenvalue weighted by Crippen LogP contribution is -2.22. The highest BCUT2D eigenvalue weighted by atomic mass is 16.3. The third kappa shape index (κ3) is 1.85. The molecule has 3 aromatic rings. The normalized spacial score (nSPS) is 10.8. The molecule has 2 heterocycles. The molecular formula is C13H10N2O2. The zero-order chi connectivity index (χ0) is 11.7. The van der Waals surface area contributed by atoms with Crippen molar-refractivity contribution in [2.75, 3.05) is 0 Å².